The third-order valence-corrected chi connectivity index (χ3v) is 4.66. The van der Waals surface area contributed by atoms with Gasteiger partial charge in [-0.1, -0.05) is 6.07 Å². The SMILES string of the molecule is CNC1CCC(Cc2cc(C)c(C)cc2OC)CC1. The Kier molecular flexibility index (Phi) is 4.87. The summed E-state index contributed by atoms with van der Waals surface area (Å²) >= 11 is 0. The molecule has 1 aromatic carbocycles. The molecule has 0 amide bonds. The minimum absolute atomic E-state index is 0.734. The standard InChI is InChI=1S/C17H27NO/c1-12-9-15(17(19-4)10-13(12)2)11-14-5-7-16(18-3)8-6-14/h9-10,14,16,18H,5-8,11H2,1-4H3. The topological polar surface area (TPSA) is 21.3 Å². The summed E-state index contributed by atoms with van der Waals surface area (Å²) in [5, 5.41) is 3.40. The normalized spacial score (nSPS) is 23.4. The van der Waals surface area contributed by atoms with Gasteiger partial charge in [0.25, 0.3) is 0 Å². The first-order valence-corrected chi connectivity index (χ1v) is 7.45. The summed E-state index contributed by atoms with van der Waals surface area (Å²) < 4.78 is 5.55. The maximum Gasteiger partial charge on any atom is 0.122 e. The highest BCUT2D eigenvalue weighted by molar-refractivity contribution is 5.42. The predicted molar refractivity (Wildman–Crippen MR) is 81.0 cm³/mol. The first-order chi connectivity index (χ1) is 9.13. The van der Waals surface area contributed by atoms with Crippen molar-refractivity contribution in [1.82, 2.24) is 5.32 Å². The molecule has 0 unspecified atom stereocenters. The van der Waals surface area contributed by atoms with E-state index < -0.39 is 0 Å². The largest absolute Gasteiger partial charge is 0.496 e. The Bertz CT molecular complexity index is 420. The molecule has 1 saturated carbocycles. The molecule has 1 N–H and O–H groups in total. The van der Waals surface area contributed by atoms with Gasteiger partial charge >= 0.3 is 0 Å². The Morgan fingerprint density at radius 2 is 1.74 bits per heavy atom. The Labute approximate surface area is 117 Å². The molecular formula is C17H27NO. The van der Waals surface area contributed by atoms with Gasteiger partial charge in [-0.05, 0) is 81.7 Å². The number of ether oxygens (including phenoxy) is 1. The van der Waals surface area contributed by atoms with Crippen molar-refractivity contribution in [1.29, 1.82) is 0 Å². The molecule has 2 nitrogen and oxygen atoms in total. The summed E-state index contributed by atoms with van der Waals surface area (Å²) in [6.45, 7) is 4.34. The fraction of sp³-hybridized carbons (Fsp3) is 0.647. The van der Waals surface area contributed by atoms with Crippen molar-refractivity contribution >= 4 is 0 Å². The molecule has 0 heterocycles. The molecule has 2 rings (SSSR count). The van der Waals surface area contributed by atoms with E-state index >= 15 is 0 Å². The van der Waals surface area contributed by atoms with E-state index in [1.54, 1.807) is 7.11 Å². The van der Waals surface area contributed by atoms with Crippen LogP contribution in [0.1, 0.15) is 42.4 Å². The van der Waals surface area contributed by atoms with Crippen molar-refractivity contribution < 1.29 is 4.74 Å². The van der Waals surface area contributed by atoms with Gasteiger partial charge in [0, 0.05) is 6.04 Å². The zero-order valence-electron chi connectivity index (χ0n) is 12.8. The molecule has 1 aliphatic rings. The quantitative estimate of drug-likeness (QED) is 0.893. The Morgan fingerprint density at radius 3 is 2.32 bits per heavy atom. The minimum atomic E-state index is 0.734. The van der Waals surface area contributed by atoms with Crippen LogP contribution in [-0.4, -0.2) is 20.2 Å². The van der Waals surface area contributed by atoms with Gasteiger partial charge in [0.2, 0.25) is 0 Å². The number of benzene rings is 1. The highest BCUT2D eigenvalue weighted by Crippen LogP contribution is 2.31. The van der Waals surface area contributed by atoms with Gasteiger partial charge in [-0.3, -0.25) is 0 Å². The molecule has 0 atom stereocenters. The number of hydrogen-bond acceptors (Lipinski definition) is 2. The lowest BCUT2D eigenvalue weighted by Crippen LogP contribution is -2.30. The monoisotopic (exact) mass is 261 g/mol. The van der Waals surface area contributed by atoms with Crippen LogP contribution in [0.4, 0.5) is 0 Å². The van der Waals surface area contributed by atoms with E-state index in [0.29, 0.717) is 0 Å². The second kappa shape index (κ2) is 6.42. The zero-order valence-corrected chi connectivity index (χ0v) is 12.8. The smallest absolute Gasteiger partial charge is 0.122 e. The summed E-state index contributed by atoms with van der Waals surface area (Å²) in [5.74, 6) is 1.89. The fourth-order valence-corrected chi connectivity index (χ4v) is 3.17. The highest BCUT2D eigenvalue weighted by atomic mass is 16.5. The summed E-state index contributed by atoms with van der Waals surface area (Å²) in [5.41, 5.74) is 4.08. The molecule has 0 aromatic heterocycles. The van der Waals surface area contributed by atoms with Gasteiger partial charge in [0.05, 0.1) is 7.11 Å². The summed E-state index contributed by atoms with van der Waals surface area (Å²) in [7, 11) is 3.86. The highest BCUT2D eigenvalue weighted by Gasteiger charge is 2.21. The molecule has 0 radical (unpaired) electrons. The van der Waals surface area contributed by atoms with Crippen molar-refractivity contribution in [2.45, 2.75) is 52.0 Å². The molecule has 0 bridgehead atoms. The van der Waals surface area contributed by atoms with E-state index in [1.165, 1.54) is 48.8 Å². The molecule has 1 aromatic rings. The van der Waals surface area contributed by atoms with E-state index in [-0.39, 0.29) is 0 Å². The third kappa shape index (κ3) is 3.50. The zero-order chi connectivity index (χ0) is 13.8. The van der Waals surface area contributed by atoms with Gasteiger partial charge in [-0.25, -0.2) is 0 Å². The van der Waals surface area contributed by atoms with E-state index in [9.17, 15) is 0 Å². The molecule has 0 saturated heterocycles. The van der Waals surface area contributed by atoms with Gasteiger partial charge in [-0.15, -0.1) is 0 Å². The maximum atomic E-state index is 5.55. The van der Waals surface area contributed by atoms with Crippen molar-refractivity contribution in [3.05, 3.63) is 28.8 Å². The van der Waals surface area contributed by atoms with E-state index in [0.717, 1.165) is 17.7 Å². The van der Waals surface area contributed by atoms with Crippen molar-refractivity contribution in [3.8, 4) is 5.75 Å². The second-order valence-electron chi connectivity index (χ2n) is 5.96. The predicted octanol–water partition coefficient (Wildman–Crippen LogP) is 3.63. The molecule has 0 aliphatic heterocycles. The fourth-order valence-electron chi connectivity index (χ4n) is 3.17. The van der Waals surface area contributed by atoms with Crippen LogP contribution in [0.25, 0.3) is 0 Å². The molecule has 1 fully saturated rings. The van der Waals surface area contributed by atoms with Crippen LogP contribution in [0, 0.1) is 19.8 Å². The average molecular weight is 261 g/mol. The second-order valence-corrected chi connectivity index (χ2v) is 5.96. The van der Waals surface area contributed by atoms with Crippen LogP contribution in [0.5, 0.6) is 5.75 Å². The molecule has 2 heteroatoms. The van der Waals surface area contributed by atoms with Gasteiger partial charge < -0.3 is 10.1 Å². The molecule has 0 spiro atoms. The first kappa shape index (κ1) is 14.4. The molecular weight excluding hydrogens is 234 g/mol. The lowest BCUT2D eigenvalue weighted by atomic mass is 9.82. The summed E-state index contributed by atoms with van der Waals surface area (Å²) in [4.78, 5) is 0. The average Bonchev–Trinajstić information content (AvgIpc) is 2.43. The van der Waals surface area contributed by atoms with Crippen molar-refractivity contribution in [2.24, 2.45) is 5.92 Å². The summed E-state index contributed by atoms with van der Waals surface area (Å²) in [6, 6.07) is 5.24. The van der Waals surface area contributed by atoms with Crippen molar-refractivity contribution in [2.75, 3.05) is 14.2 Å². The van der Waals surface area contributed by atoms with E-state index in [4.69, 9.17) is 4.74 Å². The lowest BCUT2D eigenvalue weighted by molar-refractivity contribution is 0.297. The molecule has 106 valence electrons. The molecule has 1 aliphatic carbocycles. The van der Waals surface area contributed by atoms with Crippen LogP contribution >= 0.6 is 0 Å². The van der Waals surface area contributed by atoms with Crippen LogP contribution in [-0.2, 0) is 6.42 Å². The Balaban J connectivity index is 2.05. The van der Waals surface area contributed by atoms with Gasteiger partial charge in [-0.2, -0.15) is 0 Å². The number of nitrogens with one attached hydrogen (secondary N) is 1. The van der Waals surface area contributed by atoms with Crippen LogP contribution in [0.3, 0.4) is 0 Å². The maximum absolute atomic E-state index is 5.55. The van der Waals surface area contributed by atoms with E-state index in [1.807, 2.05) is 0 Å². The van der Waals surface area contributed by atoms with Crippen LogP contribution in [0.2, 0.25) is 0 Å². The first-order valence-electron chi connectivity index (χ1n) is 7.45. The Hall–Kier alpha value is -1.02. The van der Waals surface area contributed by atoms with Gasteiger partial charge in [0.1, 0.15) is 5.75 Å². The number of methoxy groups -OCH3 is 1. The lowest BCUT2D eigenvalue weighted by Gasteiger charge is -2.28. The number of rotatable bonds is 4. The van der Waals surface area contributed by atoms with E-state index in [2.05, 4.69) is 38.3 Å². The van der Waals surface area contributed by atoms with Crippen LogP contribution < -0.4 is 10.1 Å². The van der Waals surface area contributed by atoms with Gasteiger partial charge in [0.15, 0.2) is 0 Å². The number of aryl methyl sites for hydroxylation is 2. The summed E-state index contributed by atoms with van der Waals surface area (Å²) in [6.07, 6.45) is 6.46. The van der Waals surface area contributed by atoms with Crippen LogP contribution in [0.15, 0.2) is 12.1 Å². The Morgan fingerprint density at radius 1 is 1.11 bits per heavy atom. The molecule has 19 heavy (non-hydrogen) atoms. The van der Waals surface area contributed by atoms with Crippen molar-refractivity contribution in [3.63, 3.8) is 0 Å². The third-order valence-electron chi connectivity index (χ3n) is 4.66. The minimum Gasteiger partial charge on any atom is -0.496 e. The number of hydrogen-bond donors (Lipinski definition) is 1.